The first kappa shape index (κ1) is 21.4. The molecule has 0 aliphatic heterocycles. The van der Waals surface area contributed by atoms with Gasteiger partial charge in [0.2, 0.25) is 10.0 Å². The van der Waals surface area contributed by atoms with Crippen molar-refractivity contribution in [2.24, 2.45) is 5.92 Å². The van der Waals surface area contributed by atoms with Gasteiger partial charge < -0.3 is 5.32 Å². The van der Waals surface area contributed by atoms with E-state index in [9.17, 15) is 22.0 Å². The molecule has 29 heavy (non-hydrogen) atoms. The maximum atomic E-state index is 14.3. The van der Waals surface area contributed by atoms with Crippen molar-refractivity contribution in [3.05, 3.63) is 59.2 Å². The molecule has 2 atom stereocenters. The first-order valence-corrected chi connectivity index (χ1v) is 11.0. The van der Waals surface area contributed by atoms with Gasteiger partial charge in [-0.15, -0.1) is 0 Å². The molecule has 8 heteroatoms. The van der Waals surface area contributed by atoms with E-state index in [0.717, 1.165) is 31.4 Å². The molecule has 2 aromatic carbocycles. The molecule has 1 aliphatic carbocycles. The molecular formula is C21H24F2N2O3S. The number of nitrogens with one attached hydrogen (secondary N) is 2. The number of hydrogen-bond acceptors (Lipinski definition) is 3. The summed E-state index contributed by atoms with van der Waals surface area (Å²) in [6.07, 6.45) is 3.56. The van der Waals surface area contributed by atoms with Gasteiger partial charge in [0.1, 0.15) is 16.5 Å². The van der Waals surface area contributed by atoms with Crippen LogP contribution in [0.5, 0.6) is 0 Å². The highest BCUT2D eigenvalue weighted by molar-refractivity contribution is 7.89. The molecule has 0 spiro atoms. The van der Waals surface area contributed by atoms with Crippen molar-refractivity contribution in [1.82, 2.24) is 4.72 Å². The Morgan fingerprint density at radius 3 is 2.45 bits per heavy atom. The van der Waals surface area contributed by atoms with Gasteiger partial charge in [0, 0.05) is 17.3 Å². The molecule has 2 aromatic rings. The van der Waals surface area contributed by atoms with Crippen LogP contribution in [0.1, 0.15) is 48.5 Å². The Kier molecular flexibility index (Phi) is 6.33. The number of aryl methyl sites for hydroxylation is 1. The molecule has 0 saturated heterocycles. The molecule has 0 aromatic heterocycles. The van der Waals surface area contributed by atoms with Crippen molar-refractivity contribution in [1.29, 1.82) is 0 Å². The Balaban J connectivity index is 1.83. The summed E-state index contributed by atoms with van der Waals surface area (Å²) >= 11 is 0. The summed E-state index contributed by atoms with van der Waals surface area (Å²) in [6.45, 7) is 3.56. The fourth-order valence-electron chi connectivity index (χ4n) is 3.48. The number of carbonyl (C=O) groups is 1. The third-order valence-corrected chi connectivity index (χ3v) is 6.84. The standard InChI is InChI=1S/C21H24F2N2O3S/c1-13-7-9-16(12-18(13)23)24-21(26)15-8-10-17(22)20(11-15)29(27,28)25-19-6-4-3-5-14(19)2/h7-12,14,19,25H,3-6H2,1-2H3,(H,24,26)/t14-,19-/m0/s1. The molecule has 156 valence electrons. The van der Waals surface area contributed by atoms with E-state index in [1.165, 1.54) is 24.3 Å². The van der Waals surface area contributed by atoms with E-state index in [0.29, 0.717) is 12.0 Å². The molecule has 5 nitrogen and oxygen atoms in total. The van der Waals surface area contributed by atoms with Gasteiger partial charge >= 0.3 is 0 Å². The van der Waals surface area contributed by atoms with Crippen LogP contribution in [0.15, 0.2) is 41.3 Å². The lowest BCUT2D eigenvalue weighted by molar-refractivity contribution is 0.102. The average molecular weight is 422 g/mol. The summed E-state index contributed by atoms with van der Waals surface area (Å²) < 4.78 is 56.1. The summed E-state index contributed by atoms with van der Waals surface area (Å²) in [7, 11) is -4.13. The second kappa shape index (κ2) is 8.59. The van der Waals surface area contributed by atoms with Crippen LogP contribution >= 0.6 is 0 Å². The molecule has 0 heterocycles. The van der Waals surface area contributed by atoms with E-state index in [1.54, 1.807) is 6.92 Å². The molecule has 0 unspecified atom stereocenters. The number of amides is 1. The van der Waals surface area contributed by atoms with E-state index >= 15 is 0 Å². The van der Waals surface area contributed by atoms with Gasteiger partial charge in [-0.25, -0.2) is 21.9 Å². The van der Waals surface area contributed by atoms with Gasteiger partial charge in [-0.3, -0.25) is 4.79 Å². The third-order valence-electron chi connectivity index (χ3n) is 5.33. The molecule has 0 bridgehead atoms. The fraction of sp³-hybridized carbons (Fsp3) is 0.381. The molecule has 1 fully saturated rings. The zero-order valence-corrected chi connectivity index (χ0v) is 17.2. The van der Waals surface area contributed by atoms with Crippen molar-refractivity contribution >= 4 is 21.6 Å². The number of halogens is 2. The Hall–Kier alpha value is -2.32. The number of carbonyl (C=O) groups excluding carboxylic acids is 1. The summed E-state index contributed by atoms with van der Waals surface area (Å²) in [5, 5.41) is 2.50. The van der Waals surface area contributed by atoms with Crippen molar-refractivity contribution in [2.45, 2.75) is 50.5 Å². The van der Waals surface area contributed by atoms with Gasteiger partial charge in [-0.1, -0.05) is 25.8 Å². The number of anilines is 1. The van der Waals surface area contributed by atoms with E-state index in [-0.39, 0.29) is 23.2 Å². The second-order valence-corrected chi connectivity index (χ2v) is 9.24. The molecule has 3 rings (SSSR count). The lowest BCUT2D eigenvalue weighted by Gasteiger charge is -2.29. The Morgan fingerprint density at radius 1 is 1.03 bits per heavy atom. The predicted molar refractivity (Wildman–Crippen MR) is 107 cm³/mol. The highest BCUT2D eigenvalue weighted by Gasteiger charge is 2.29. The minimum absolute atomic E-state index is 0.0375. The van der Waals surface area contributed by atoms with Gasteiger partial charge in [0.05, 0.1) is 0 Å². The van der Waals surface area contributed by atoms with Crippen LogP contribution in [-0.4, -0.2) is 20.4 Å². The summed E-state index contributed by atoms with van der Waals surface area (Å²) in [5.41, 5.74) is 0.617. The topological polar surface area (TPSA) is 75.3 Å². The van der Waals surface area contributed by atoms with Gasteiger partial charge in [-0.2, -0.15) is 0 Å². The Bertz CT molecular complexity index is 1020. The smallest absolute Gasteiger partial charge is 0.255 e. The number of hydrogen-bond donors (Lipinski definition) is 2. The van der Waals surface area contributed by atoms with Gasteiger partial charge in [-0.05, 0) is 61.6 Å². The van der Waals surface area contributed by atoms with Crippen LogP contribution in [0.4, 0.5) is 14.5 Å². The third kappa shape index (κ3) is 5.00. The molecule has 1 saturated carbocycles. The molecule has 2 N–H and O–H groups in total. The monoisotopic (exact) mass is 422 g/mol. The largest absolute Gasteiger partial charge is 0.322 e. The highest BCUT2D eigenvalue weighted by atomic mass is 32.2. The van der Waals surface area contributed by atoms with Crippen molar-refractivity contribution in [3.63, 3.8) is 0 Å². The second-order valence-electron chi connectivity index (χ2n) is 7.55. The van der Waals surface area contributed by atoms with E-state index < -0.39 is 32.5 Å². The first-order valence-electron chi connectivity index (χ1n) is 9.57. The number of sulfonamides is 1. The minimum atomic E-state index is -4.13. The molecule has 1 amide bonds. The van der Waals surface area contributed by atoms with Gasteiger partial charge in [0.15, 0.2) is 0 Å². The summed E-state index contributed by atoms with van der Waals surface area (Å²) in [4.78, 5) is 11.9. The van der Waals surface area contributed by atoms with Crippen LogP contribution in [0, 0.1) is 24.5 Å². The minimum Gasteiger partial charge on any atom is -0.322 e. The lowest BCUT2D eigenvalue weighted by atomic mass is 9.87. The number of benzene rings is 2. The maximum Gasteiger partial charge on any atom is 0.255 e. The molecule has 1 aliphatic rings. The van der Waals surface area contributed by atoms with Crippen LogP contribution in [0.25, 0.3) is 0 Å². The van der Waals surface area contributed by atoms with Gasteiger partial charge in [0.25, 0.3) is 5.91 Å². The molecular weight excluding hydrogens is 398 g/mol. The molecule has 0 radical (unpaired) electrons. The quantitative estimate of drug-likeness (QED) is 0.751. The number of rotatable bonds is 5. The van der Waals surface area contributed by atoms with E-state index in [2.05, 4.69) is 10.0 Å². The zero-order chi connectivity index (χ0) is 21.2. The van der Waals surface area contributed by atoms with Crippen molar-refractivity contribution in [3.8, 4) is 0 Å². The predicted octanol–water partition coefficient (Wildman–Crippen LogP) is 4.38. The summed E-state index contributed by atoms with van der Waals surface area (Å²) in [5.74, 6) is -1.91. The zero-order valence-electron chi connectivity index (χ0n) is 16.3. The fourth-order valence-corrected chi connectivity index (χ4v) is 4.96. The average Bonchev–Trinajstić information content (AvgIpc) is 2.66. The van der Waals surface area contributed by atoms with Crippen molar-refractivity contribution < 1.29 is 22.0 Å². The Morgan fingerprint density at radius 2 is 1.76 bits per heavy atom. The van der Waals surface area contributed by atoms with Crippen LogP contribution in [-0.2, 0) is 10.0 Å². The van der Waals surface area contributed by atoms with Crippen LogP contribution < -0.4 is 10.0 Å². The first-order chi connectivity index (χ1) is 13.7. The van der Waals surface area contributed by atoms with Crippen LogP contribution in [0.2, 0.25) is 0 Å². The van der Waals surface area contributed by atoms with Crippen molar-refractivity contribution in [2.75, 3.05) is 5.32 Å². The highest BCUT2D eigenvalue weighted by Crippen LogP contribution is 2.26. The van der Waals surface area contributed by atoms with E-state index in [4.69, 9.17) is 0 Å². The lowest BCUT2D eigenvalue weighted by Crippen LogP contribution is -2.41. The normalized spacial score (nSPS) is 19.7. The Labute approximate surface area is 169 Å². The van der Waals surface area contributed by atoms with E-state index in [1.807, 2.05) is 6.92 Å². The SMILES string of the molecule is Cc1ccc(NC(=O)c2ccc(F)c(S(=O)(=O)N[C@H]3CCCC[C@@H]3C)c2)cc1F. The summed E-state index contributed by atoms with van der Waals surface area (Å²) in [6, 6.07) is 7.10. The van der Waals surface area contributed by atoms with Crippen LogP contribution in [0.3, 0.4) is 0 Å². The maximum absolute atomic E-state index is 14.3.